The number of hydrogen-bond acceptors (Lipinski definition) is 5. The van der Waals surface area contributed by atoms with Crippen molar-refractivity contribution in [1.82, 2.24) is 14.8 Å². The second kappa shape index (κ2) is 8.01. The summed E-state index contributed by atoms with van der Waals surface area (Å²) in [6.45, 7) is 2.45. The molecule has 134 valence electrons. The van der Waals surface area contributed by atoms with Crippen molar-refractivity contribution in [3.63, 3.8) is 0 Å². The van der Waals surface area contributed by atoms with E-state index < -0.39 is 0 Å². The van der Waals surface area contributed by atoms with Gasteiger partial charge in [-0.1, -0.05) is 30.7 Å². The Labute approximate surface area is 156 Å². The van der Waals surface area contributed by atoms with Crippen molar-refractivity contribution in [2.24, 2.45) is 0 Å². The van der Waals surface area contributed by atoms with Crippen molar-refractivity contribution >= 4 is 17.5 Å². The molecule has 3 rings (SSSR count). The topological polar surface area (TPSA) is 66.2 Å². The molecule has 0 saturated carbocycles. The van der Waals surface area contributed by atoms with E-state index in [1.54, 1.807) is 43.5 Å². The van der Waals surface area contributed by atoms with Crippen molar-refractivity contribution < 1.29 is 14.3 Å². The molecule has 0 atom stereocenters. The molecule has 0 bridgehead atoms. The van der Waals surface area contributed by atoms with Gasteiger partial charge >= 0.3 is 6.01 Å². The van der Waals surface area contributed by atoms with Gasteiger partial charge in [-0.2, -0.15) is 9.67 Å². The lowest BCUT2D eigenvalue weighted by Crippen LogP contribution is -2.15. The van der Waals surface area contributed by atoms with E-state index in [1.165, 1.54) is 4.68 Å². The van der Waals surface area contributed by atoms with Crippen LogP contribution in [0.2, 0.25) is 5.02 Å². The van der Waals surface area contributed by atoms with E-state index in [4.69, 9.17) is 21.1 Å². The molecular formula is C19H18ClN3O3. The standard InChI is InChI=1S/C19H18ClN3O3/c1-3-12-26-19-21-17(13-8-10-14(25-2)11-9-13)23(22-19)18(24)15-6-4-5-7-16(15)20/h4-11H,3,12H2,1-2H3. The summed E-state index contributed by atoms with van der Waals surface area (Å²) < 4.78 is 11.9. The van der Waals surface area contributed by atoms with Gasteiger partial charge in [0.15, 0.2) is 5.82 Å². The summed E-state index contributed by atoms with van der Waals surface area (Å²) in [5.41, 5.74) is 1.06. The van der Waals surface area contributed by atoms with Gasteiger partial charge in [-0.25, -0.2) is 0 Å². The molecule has 0 aliphatic heterocycles. The van der Waals surface area contributed by atoms with Crippen molar-refractivity contribution in [3.8, 4) is 23.1 Å². The molecule has 0 spiro atoms. The molecule has 0 aliphatic rings. The molecule has 2 aromatic carbocycles. The van der Waals surface area contributed by atoms with Gasteiger partial charge in [-0.3, -0.25) is 4.79 Å². The second-order valence-electron chi connectivity index (χ2n) is 5.49. The smallest absolute Gasteiger partial charge is 0.336 e. The van der Waals surface area contributed by atoms with Gasteiger partial charge < -0.3 is 9.47 Å². The predicted molar refractivity (Wildman–Crippen MR) is 99.0 cm³/mol. The van der Waals surface area contributed by atoms with Crippen LogP contribution < -0.4 is 9.47 Å². The third-order valence-corrected chi connectivity index (χ3v) is 4.00. The number of nitrogens with zero attached hydrogens (tertiary/aromatic N) is 3. The first-order valence-corrected chi connectivity index (χ1v) is 8.55. The lowest BCUT2D eigenvalue weighted by atomic mass is 10.2. The molecule has 0 fully saturated rings. The molecular weight excluding hydrogens is 354 g/mol. The molecule has 26 heavy (non-hydrogen) atoms. The zero-order valence-electron chi connectivity index (χ0n) is 14.5. The second-order valence-corrected chi connectivity index (χ2v) is 5.90. The first-order valence-electron chi connectivity index (χ1n) is 8.17. The Morgan fingerprint density at radius 2 is 1.88 bits per heavy atom. The number of carbonyl (C=O) groups excluding carboxylic acids is 1. The normalized spacial score (nSPS) is 10.6. The van der Waals surface area contributed by atoms with Gasteiger partial charge in [-0.05, 0) is 42.8 Å². The van der Waals surface area contributed by atoms with Crippen molar-refractivity contribution in [3.05, 3.63) is 59.1 Å². The Balaban J connectivity index is 2.05. The van der Waals surface area contributed by atoms with Gasteiger partial charge in [0, 0.05) is 5.56 Å². The van der Waals surface area contributed by atoms with E-state index in [0.29, 0.717) is 34.3 Å². The molecule has 0 N–H and O–H groups in total. The number of benzene rings is 2. The maximum Gasteiger partial charge on any atom is 0.336 e. The van der Waals surface area contributed by atoms with Crippen LogP contribution in [-0.2, 0) is 0 Å². The number of rotatable bonds is 6. The Bertz CT molecular complexity index is 907. The number of carbonyl (C=O) groups is 1. The summed E-state index contributed by atoms with van der Waals surface area (Å²) in [5, 5.41) is 4.58. The monoisotopic (exact) mass is 371 g/mol. The summed E-state index contributed by atoms with van der Waals surface area (Å²) >= 11 is 6.17. The Hall–Kier alpha value is -2.86. The van der Waals surface area contributed by atoms with Gasteiger partial charge in [-0.15, -0.1) is 5.10 Å². The van der Waals surface area contributed by atoms with Gasteiger partial charge in [0.25, 0.3) is 5.91 Å². The first-order chi connectivity index (χ1) is 12.6. The van der Waals surface area contributed by atoms with Crippen molar-refractivity contribution in [1.29, 1.82) is 0 Å². The average molecular weight is 372 g/mol. The number of methoxy groups -OCH3 is 1. The van der Waals surface area contributed by atoms with Crippen LogP contribution >= 0.6 is 11.6 Å². The largest absolute Gasteiger partial charge is 0.497 e. The fraction of sp³-hybridized carbons (Fsp3) is 0.211. The highest BCUT2D eigenvalue weighted by Gasteiger charge is 2.21. The molecule has 0 radical (unpaired) electrons. The number of aromatic nitrogens is 3. The fourth-order valence-electron chi connectivity index (χ4n) is 2.36. The summed E-state index contributed by atoms with van der Waals surface area (Å²) in [7, 11) is 1.59. The van der Waals surface area contributed by atoms with Crippen LogP contribution in [0, 0.1) is 0 Å². The summed E-state index contributed by atoms with van der Waals surface area (Å²) in [5.74, 6) is 0.712. The minimum atomic E-state index is -0.375. The molecule has 0 saturated heterocycles. The maximum absolute atomic E-state index is 13.0. The first kappa shape index (κ1) is 17.9. The number of halogens is 1. The summed E-state index contributed by atoms with van der Waals surface area (Å²) in [4.78, 5) is 17.3. The van der Waals surface area contributed by atoms with E-state index in [1.807, 2.05) is 19.1 Å². The van der Waals surface area contributed by atoms with Gasteiger partial charge in [0.2, 0.25) is 0 Å². The van der Waals surface area contributed by atoms with Crippen LogP contribution in [0.3, 0.4) is 0 Å². The molecule has 0 amide bonds. The van der Waals surface area contributed by atoms with Crippen molar-refractivity contribution in [2.45, 2.75) is 13.3 Å². The number of ether oxygens (including phenoxy) is 2. The van der Waals surface area contributed by atoms with Crippen LogP contribution in [0.5, 0.6) is 11.8 Å². The molecule has 3 aromatic rings. The highest BCUT2D eigenvalue weighted by molar-refractivity contribution is 6.33. The minimum absolute atomic E-state index is 0.151. The average Bonchev–Trinajstić information content (AvgIpc) is 3.10. The van der Waals surface area contributed by atoms with Crippen LogP contribution in [0.1, 0.15) is 23.7 Å². The molecule has 1 heterocycles. The minimum Gasteiger partial charge on any atom is -0.497 e. The number of hydrogen-bond donors (Lipinski definition) is 0. The van der Waals surface area contributed by atoms with Gasteiger partial charge in [0.1, 0.15) is 5.75 Å². The third kappa shape index (κ3) is 3.70. The quantitative estimate of drug-likeness (QED) is 0.653. The Morgan fingerprint density at radius 1 is 1.15 bits per heavy atom. The van der Waals surface area contributed by atoms with E-state index in [9.17, 15) is 4.79 Å². The van der Waals surface area contributed by atoms with E-state index in [-0.39, 0.29) is 11.9 Å². The Morgan fingerprint density at radius 3 is 2.54 bits per heavy atom. The lowest BCUT2D eigenvalue weighted by molar-refractivity contribution is 0.0945. The van der Waals surface area contributed by atoms with E-state index in [0.717, 1.165) is 6.42 Å². The molecule has 0 unspecified atom stereocenters. The SMILES string of the molecule is CCCOc1nc(-c2ccc(OC)cc2)n(C(=O)c2ccccc2Cl)n1. The van der Waals surface area contributed by atoms with Gasteiger partial charge in [0.05, 0.1) is 24.3 Å². The third-order valence-electron chi connectivity index (χ3n) is 3.67. The van der Waals surface area contributed by atoms with Crippen LogP contribution in [0.15, 0.2) is 48.5 Å². The van der Waals surface area contributed by atoms with Crippen LogP contribution in [-0.4, -0.2) is 34.4 Å². The van der Waals surface area contributed by atoms with E-state index in [2.05, 4.69) is 10.1 Å². The molecule has 6 nitrogen and oxygen atoms in total. The van der Waals surface area contributed by atoms with Crippen LogP contribution in [0.4, 0.5) is 0 Å². The van der Waals surface area contributed by atoms with E-state index >= 15 is 0 Å². The molecule has 0 aliphatic carbocycles. The molecule has 1 aromatic heterocycles. The predicted octanol–water partition coefficient (Wildman–Crippen LogP) is 4.08. The highest BCUT2D eigenvalue weighted by Crippen LogP contribution is 2.25. The maximum atomic E-state index is 13.0. The highest BCUT2D eigenvalue weighted by atomic mass is 35.5. The fourth-order valence-corrected chi connectivity index (χ4v) is 2.58. The zero-order chi connectivity index (χ0) is 18.5. The molecule has 7 heteroatoms. The lowest BCUT2D eigenvalue weighted by Gasteiger charge is -2.06. The van der Waals surface area contributed by atoms with Crippen molar-refractivity contribution in [2.75, 3.05) is 13.7 Å². The summed E-state index contributed by atoms with van der Waals surface area (Å²) in [6.07, 6.45) is 0.810. The Kier molecular flexibility index (Phi) is 5.53. The summed E-state index contributed by atoms with van der Waals surface area (Å²) in [6, 6.07) is 14.2. The van der Waals surface area contributed by atoms with Crippen LogP contribution in [0.25, 0.3) is 11.4 Å². The zero-order valence-corrected chi connectivity index (χ0v) is 15.2.